The van der Waals surface area contributed by atoms with Crippen molar-refractivity contribution in [3.8, 4) is 0 Å². The van der Waals surface area contributed by atoms with E-state index in [1.165, 1.54) is 0 Å². The second kappa shape index (κ2) is 11.8. The maximum absolute atomic E-state index is 12.6. The summed E-state index contributed by atoms with van der Waals surface area (Å²) in [5.41, 5.74) is 1.54. The Labute approximate surface area is 185 Å². The van der Waals surface area contributed by atoms with Gasteiger partial charge < -0.3 is 20.8 Å². The van der Waals surface area contributed by atoms with Crippen LogP contribution in [-0.4, -0.2) is 51.3 Å². The highest BCUT2D eigenvalue weighted by Gasteiger charge is 2.29. The number of amides is 2. The van der Waals surface area contributed by atoms with Crippen molar-refractivity contribution in [2.75, 3.05) is 0 Å². The fourth-order valence-corrected chi connectivity index (χ4v) is 3.19. The molecule has 0 saturated heterocycles. The summed E-state index contributed by atoms with van der Waals surface area (Å²) in [7, 11) is 0. The van der Waals surface area contributed by atoms with Crippen molar-refractivity contribution in [1.82, 2.24) is 10.6 Å². The first kappa shape index (κ1) is 23.9. The molecule has 0 aromatic heterocycles. The Bertz CT molecular complexity index is 907. The number of rotatable bonds is 11. The van der Waals surface area contributed by atoms with Gasteiger partial charge in [-0.3, -0.25) is 14.4 Å². The lowest BCUT2D eigenvalue weighted by molar-refractivity contribution is -0.143. The summed E-state index contributed by atoms with van der Waals surface area (Å²) in [5, 5.41) is 22.5. The molecule has 0 aliphatic rings. The lowest BCUT2D eigenvalue weighted by Gasteiger charge is -2.22. The molecule has 0 spiro atoms. The monoisotopic (exact) mass is 444 g/mol. The van der Waals surface area contributed by atoms with Crippen molar-refractivity contribution in [2.24, 2.45) is 0 Å². The predicted molar refractivity (Wildman–Crippen MR) is 117 cm³/mol. The van der Waals surface area contributed by atoms with E-state index >= 15 is 0 Å². The smallest absolute Gasteiger partial charge is 0.326 e. The molecule has 0 saturated carbocycles. The molecular weight excluding hydrogens is 420 g/mol. The summed E-state index contributed by atoms with van der Waals surface area (Å²) in [6, 6.07) is 15.1. The maximum atomic E-state index is 12.6. The van der Waals surface area contributed by atoms with E-state index in [0.717, 1.165) is 5.56 Å². The van der Waals surface area contributed by atoms with Gasteiger partial charge in [-0.05, 0) is 17.5 Å². The minimum Gasteiger partial charge on any atom is -0.481 e. The van der Waals surface area contributed by atoms with Gasteiger partial charge in [0.1, 0.15) is 12.1 Å². The minimum absolute atomic E-state index is 0.0127. The molecule has 0 heterocycles. The van der Waals surface area contributed by atoms with Gasteiger partial charge in [0.25, 0.3) is 0 Å². The molecule has 0 radical (unpaired) electrons. The Morgan fingerprint density at radius 3 is 1.71 bits per heavy atom. The van der Waals surface area contributed by atoms with E-state index in [2.05, 4.69) is 23.3 Å². The highest BCUT2D eigenvalue weighted by molar-refractivity contribution is 7.81. The zero-order chi connectivity index (χ0) is 22.8. The molecular formula is C22H24N2O6S. The van der Waals surface area contributed by atoms with E-state index in [9.17, 15) is 24.3 Å². The van der Waals surface area contributed by atoms with Gasteiger partial charge in [-0.1, -0.05) is 60.7 Å². The number of thiol groups is 1. The first-order valence-electron chi connectivity index (χ1n) is 9.57. The third-order valence-corrected chi connectivity index (χ3v) is 4.90. The predicted octanol–water partition coefficient (Wildman–Crippen LogP) is 1.30. The molecule has 0 bridgehead atoms. The maximum Gasteiger partial charge on any atom is 0.326 e. The van der Waals surface area contributed by atoms with Gasteiger partial charge in [-0.2, -0.15) is 12.6 Å². The van der Waals surface area contributed by atoms with Crippen molar-refractivity contribution in [3.63, 3.8) is 0 Å². The van der Waals surface area contributed by atoms with Crippen LogP contribution in [0.3, 0.4) is 0 Å². The van der Waals surface area contributed by atoms with Gasteiger partial charge in [0.15, 0.2) is 0 Å². The highest BCUT2D eigenvalue weighted by atomic mass is 32.1. The van der Waals surface area contributed by atoms with Crippen LogP contribution in [0.5, 0.6) is 0 Å². The SMILES string of the molecule is O=C(O)CC(NC(=O)[C@@H](S)Cc1ccccc1)C(=O)N[C@@H](Cc1ccccc1)C(=O)O. The molecule has 0 aliphatic heterocycles. The van der Waals surface area contributed by atoms with E-state index in [1.807, 2.05) is 30.3 Å². The first-order valence-corrected chi connectivity index (χ1v) is 10.1. The topological polar surface area (TPSA) is 133 Å². The Kier molecular flexibility index (Phi) is 9.08. The minimum atomic E-state index is -1.44. The number of benzene rings is 2. The van der Waals surface area contributed by atoms with Gasteiger partial charge >= 0.3 is 11.9 Å². The van der Waals surface area contributed by atoms with Crippen molar-refractivity contribution in [3.05, 3.63) is 71.8 Å². The zero-order valence-corrected chi connectivity index (χ0v) is 17.5. The van der Waals surface area contributed by atoms with Crippen LogP contribution >= 0.6 is 12.6 Å². The van der Waals surface area contributed by atoms with Gasteiger partial charge in [0.2, 0.25) is 11.8 Å². The molecule has 9 heteroatoms. The summed E-state index contributed by atoms with van der Waals surface area (Å²) < 4.78 is 0. The molecule has 31 heavy (non-hydrogen) atoms. The van der Waals surface area contributed by atoms with Crippen LogP contribution in [0, 0.1) is 0 Å². The van der Waals surface area contributed by atoms with Crippen LogP contribution in [0.4, 0.5) is 0 Å². The fourth-order valence-electron chi connectivity index (χ4n) is 2.90. The number of carbonyl (C=O) groups excluding carboxylic acids is 2. The largest absolute Gasteiger partial charge is 0.481 e. The van der Waals surface area contributed by atoms with Crippen molar-refractivity contribution >= 4 is 36.4 Å². The molecule has 2 aromatic rings. The molecule has 0 fully saturated rings. The van der Waals surface area contributed by atoms with E-state index in [4.69, 9.17) is 5.11 Å². The van der Waals surface area contributed by atoms with Crippen LogP contribution in [0.2, 0.25) is 0 Å². The molecule has 4 N–H and O–H groups in total. The van der Waals surface area contributed by atoms with Crippen LogP contribution in [0.1, 0.15) is 17.5 Å². The second-order valence-corrected chi connectivity index (χ2v) is 7.58. The third kappa shape index (κ3) is 8.13. The number of nitrogens with one attached hydrogen (secondary N) is 2. The number of carbonyl (C=O) groups is 4. The lowest BCUT2D eigenvalue weighted by atomic mass is 10.0. The van der Waals surface area contributed by atoms with E-state index in [1.54, 1.807) is 30.3 Å². The Hall–Kier alpha value is -3.33. The Morgan fingerprint density at radius 1 is 0.742 bits per heavy atom. The van der Waals surface area contributed by atoms with Crippen LogP contribution in [0.25, 0.3) is 0 Å². The van der Waals surface area contributed by atoms with Gasteiger partial charge in [-0.15, -0.1) is 0 Å². The second-order valence-electron chi connectivity index (χ2n) is 6.95. The number of aliphatic carboxylic acids is 2. The average molecular weight is 445 g/mol. The molecule has 3 atom stereocenters. The lowest BCUT2D eigenvalue weighted by Crippen LogP contribution is -2.54. The molecule has 2 aromatic carbocycles. The van der Waals surface area contributed by atoms with Crippen LogP contribution < -0.4 is 10.6 Å². The van der Waals surface area contributed by atoms with Crippen molar-refractivity contribution in [2.45, 2.75) is 36.6 Å². The van der Waals surface area contributed by atoms with Crippen molar-refractivity contribution in [1.29, 1.82) is 0 Å². The van der Waals surface area contributed by atoms with Gasteiger partial charge in [0, 0.05) is 6.42 Å². The van der Waals surface area contributed by atoms with E-state index in [0.29, 0.717) is 5.56 Å². The van der Waals surface area contributed by atoms with E-state index in [-0.39, 0.29) is 12.8 Å². The Morgan fingerprint density at radius 2 is 1.23 bits per heavy atom. The molecule has 0 aliphatic carbocycles. The number of hydrogen-bond donors (Lipinski definition) is 5. The molecule has 1 unspecified atom stereocenters. The average Bonchev–Trinajstić information content (AvgIpc) is 2.73. The van der Waals surface area contributed by atoms with Crippen LogP contribution in [0.15, 0.2) is 60.7 Å². The molecule has 8 nitrogen and oxygen atoms in total. The number of hydrogen-bond acceptors (Lipinski definition) is 5. The summed E-state index contributed by atoms with van der Waals surface area (Å²) in [5.74, 6) is -4.09. The fraction of sp³-hybridized carbons (Fsp3) is 0.273. The van der Waals surface area contributed by atoms with Gasteiger partial charge in [-0.25, -0.2) is 4.79 Å². The van der Waals surface area contributed by atoms with E-state index < -0.39 is 47.5 Å². The molecule has 2 rings (SSSR count). The molecule has 2 amide bonds. The van der Waals surface area contributed by atoms with Crippen molar-refractivity contribution < 1.29 is 29.4 Å². The number of carboxylic acid groups (broad SMARTS) is 2. The standard InChI is InChI=1S/C22H24N2O6S/c25-19(26)13-16(23-21(28)18(31)12-15-9-5-2-6-10-15)20(27)24-17(22(29)30)11-14-7-3-1-4-8-14/h1-10,16-18,31H,11-13H2,(H,23,28)(H,24,27)(H,25,26)(H,29,30)/t16?,17-,18-/m0/s1. The Balaban J connectivity index is 2.05. The highest BCUT2D eigenvalue weighted by Crippen LogP contribution is 2.09. The first-order chi connectivity index (χ1) is 14.8. The summed E-state index contributed by atoms with van der Waals surface area (Å²) in [6.07, 6.45) is -0.400. The summed E-state index contributed by atoms with van der Waals surface area (Å²) in [4.78, 5) is 47.9. The van der Waals surface area contributed by atoms with Gasteiger partial charge in [0.05, 0.1) is 11.7 Å². The third-order valence-electron chi connectivity index (χ3n) is 4.48. The van der Waals surface area contributed by atoms with Crippen LogP contribution in [-0.2, 0) is 32.0 Å². The summed E-state index contributed by atoms with van der Waals surface area (Å²) in [6.45, 7) is 0. The normalized spacial score (nSPS) is 13.5. The molecule has 164 valence electrons. The number of carboxylic acids is 2. The zero-order valence-electron chi connectivity index (χ0n) is 16.6. The summed E-state index contributed by atoms with van der Waals surface area (Å²) >= 11 is 4.25. The quantitative estimate of drug-likeness (QED) is 0.332.